The summed E-state index contributed by atoms with van der Waals surface area (Å²) >= 11 is 0. The number of carbonyl (C=O) groups excluding carboxylic acids is 2. The molecule has 0 spiro atoms. The molecule has 1 aliphatic rings. The number of carbonyl (C=O) groups is 2. The molecule has 1 unspecified atom stereocenters. The van der Waals surface area contributed by atoms with E-state index in [1.54, 1.807) is 12.1 Å². The molecule has 4 rings (SSSR count). The lowest BCUT2D eigenvalue weighted by Gasteiger charge is -2.27. The molecule has 1 heterocycles. The number of aliphatic hydroxyl groups is 1. The highest BCUT2D eigenvalue weighted by molar-refractivity contribution is 6.46. The molecule has 3 aromatic rings. The maximum Gasteiger partial charge on any atom is 0.295 e. The maximum absolute atomic E-state index is 13.3. The topological polar surface area (TPSA) is 79.3 Å². The number of amides is 1. The van der Waals surface area contributed by atoms with Gasteiger partial charge in [-0.05, 0) is 56.4 Å². The van der Waals surface area contributed by atoms with Gasteiger partial charge in [0.2, 0.25) is 0 Å². The van der Waals surface area contributed by atoms with Gasteiger partial charge in [0, 0.05) is 13.1 Å². The van der Waals surface area contributed by atoms with Crippen LogP contribution in [0.15, 0.2) is 78.4 Å². The molecule has 1 aliphatic heterocycles. The molecular weight excluding hydrogens is 468 g/mol. The number of rotatable bonds is 9. The summed E-state index contributed by atoms with van der Waals surface area (Å²) in [5, 5.41) is 11.4. The number of benzene rings is 3. The van der Waals surface area contributed by atoms with Gasteiger partial charge in [0.1, 0.15) is 23.9 Å². The molecule has 1 atom stereocenters. The van der Waals surface area contributed by atoms with Crippen LogP contribution in [0.5, 0.6) is 11.5 Å². The summed E-state index contributed by atoms with van der Waals surface area (Å²) in [5.41, 5.74) is 3.07. The SMILES string of the molecule is COc1ccc(C)cc1/C(O)=C1\C(=O)C(=O)N(CCN(C)C)C1c1ccc(OCc2ccccc2)cc1. The van der Waals surface area contributed by atoms with E-state index in [0.29, 0.717) is 42.3 Å². The predicted molar refractivity (Wildman–Crippen MR) is 143 cm³/mol. The van der Waals surface area contributed by atoms with Gasteiger partial charge in [-0.25, -0.2) is 0 Å². The molecule has 1 N–H and O–H groups in total. The van der Waals surface area contributed by atoms with Crippen molar-refractivity contribution in [2.24, 2.45) is 0 Å². The van der Waals surface area contributed by atoms with Gasteiger partial charge in [-0.1, -0.05) is 54.1 Å². The second-order valence-electron chi connectivity index (χ2n) is 9.34. The molecule has 7 nitrogen and oxygen atoms in total. The number of hydrogen-bond donors (Lipinski definition) is 1. The molecule has 37 heavy (non-hydrogen) atoms. The van der Waals surface area contributed by atoms with Gasteiger partial charge in [-0.3, -0.25) is 9.59 Å². The van der Waals surface area contributed by atoms with Gasteiger partial charge >= 0.3 is 0 Å². The normalized spacial score (nSPS) is 16.9. The van der Waals surface area contributed by atoms with Crippen molar-refractivity contribution >= 4 is 17.4 Å². The van der Waals surface area contributed by atoms with Crippen LogP contribution in [0.3, 0.4) is 0 Å². The first-order valence-corrected chi connectivity index (χ1v) is 12.1. The second kappa shape index (κ2) is 11.3. The number of likely N-dealkylation sites (N-methyl/N-ethyl adjacent to an activating group) is 1. The van der Waals surface area contributed by atoms with Gasteiger partial charge in [0.25, 0.3) is 11.7 Å². The minimum atomic E-state index is -0.742. The average Bonchev–Trinajstić information content (AvgIpc) is 3.16. The summed E-state index contributed by atoms with van der Waals surface area (Å²) in [5.74, 6) is -0.511. The van der Waals surface area contributed by atoms with E-state index in [0.717, 1.165) is 11.1 Å². The Morgan fingerprint density at radius 2 is 1.70 bits per heavy atom. The van der Waals surface area contributed by atoms with Crippen molar-refractivity contribution in [2.75, 3.05) is 34.3 Å². The number of aryl methyl sites for hydroxylation is 1. The Hall–Kier alpha value is -4.10. The molecule has 0 radical (unpaired) electrons. The second-order valence-corrected chi connectivity index (χ2v) is 9.34. The molecule has 0 aliphatic carbocycles. The molecule has 1 amide bonds. The zero-order valence-corrected chi connectivity index (χ0v) is 21.6. The lowest BCUT2D eigenvalue weighted by molar-refractivity contribution is -0.140. The number of aliphatic hydroxyl groups excluding tert-OH is 1. The smallest absolute Gasteiger partial charge is 0.295 e. The van der Waals surface area contributed by atoms with Crippen LogP contribution in [0, 0.1) is 6.92 Å². The van der Waals surface area contributed by atoms with Gasteiger partial charge in [-0.15, -0.1) is 0 Å². The monoisotopic (exact) mass is 500 g/mol. The van der Waals surface area contributed by atoms with Gasteiger partial charge in [0.15, 0.2) is 0 Å². The Bertz CT molecular complexity index is 1300. The summed E-state index contributed by atoms with van der Waals surface area (Å²) < 4.78 is 11.4. The van der Waals surface area contributed by atoms with Crippen LogP contribution in [-0.4, -0.2) is 60.9 Å². The summed E-state index contributed by atoms with van der Waals surface area (Å²) in [4.78, 5) is 29.9. The van der Waals surface area contributed by atoms with Crippen molar-refractivity contribution < 1.29 is 24.2 Å². The largest absolute Gasteiger partial charge is 0.507 e. The zero-order valence-electron chi connectivity index (χ0n) is 21.6. The van der Waals surface area contributed by atoms with Crippen LogP contribution in [0.4, 0.5) is 0 Å². The summed E-state index contributed by atoms with van der Waals surface area (Å²) in [6.07, 6.45) is 0. The highest BCUT2D eigenvalue weighted by Gasteiger charge is 2.46. The summed E-state index contributed by atoms with van der Waals surface area (Å²) in [6.45, 7) is 3.21. The maximum atomic E-state index is 13.3. The van der Waals surface area contributed by atoms with Crippen molar-refractivity contribution in [2.45, 2.75) is 19.6 Å². The lowest BCUT2D eigenvalue weighted by atomic mass is 9.94. The van der Waals surface area contributed by atoms with Crippen molar-refractivity contribution in [3.63, 3.8) is 0 Å². The third-order valence-electron chi connectivity index (χ3n) is 6.38. The van der Waals surface area contributed by atoms with E-state index in [2.05, 4.69) is 0 Å². The van der Waals surface area contributed by atoms with Crippen molar-refractivity contribution in [3.8, 4) is 11.5 Å². The van der Waals surface area contributed by atoms with E-state index in [1.807, 2.05) is 86.6 Å². The molecule has 0 bridgehead atoms. The number of hydrogen-bond acceptors (Lipinski definition) is 6. The fraction of sp³-hybridized carbons (Fsp3) is 0.267. The molecule has 0 saturated carbocycles. The Labute approximate surface area is 217 Å². The minimum absolute atomic E-state index is 0.0469. The molecule has 1 saturated heterocycles. The van der Waals surface area contributed by atoms with Gasteiger partial charge < -0.3 is 24.4 Å². The van der Waals surface area contributed by atoms with E-state index < -0.39 is 17.7 Å². The zero-order chi connectivity index (χ0) is 26.5. The summed E-state index contributed by atoms with van der Waals surface area (Å²) in [7, 11) is 5.31. The Kier molecular flexibility index (Phi) is 7.94. The molecule has 1 fully saturated rings. The fourth-order valence-electron chi connectivity index (χ4n) is 4.40. The van der Waals surface area contributed by atoms with E-state index >= 15 is 0 Å². The average molecular weight is 501 g/mol. The van der Waals surface area contributed by atoms with Crippen LogP contribution >= 0.6 is 0 Å². The quantitative estimate of drug-likeness (QED) is 0.264. The van der Waals surface area contributed by atoms with Crippen LogP contribution in [0.25, 0.3) is 5.76 Å². The minimum Gasteiger partial charge on any atom is -0.507 e. The summed E-state index contributed by atoms with van der Waals surface area (Å²) in [6, 6.07) is 21.8. The van der Waals surface area contributed by atoms with Gasteiger partial charge in [0.05, 0.1) is 24.3 Å². The van der Waals surface area contributed by atoms with Gasteiger partial charge in [-0.2, -0.15) is 0 Å². The van der Waals surface area contributed by atoms with E-state index in [4.69, 9.17) is 9.47 Å². The fourth-order valence-corrected chi connectivity index (χ4v) is 4.40. The van der Waals surface area contributed by atoms with Crippen LogP contribution < -0.4 is 9.47 Å². The van der Waals surface area contributed by atoms with Crippen molar-refractivity contribution in [3.05, 3.63) is 101 Å². The number of likely N-dealkylation sites (tertiary alicyclic amines) is 1. The Balaban J connectivity index is 1.73. The number of ketones is 1. The molecule has 192 valence electrons. The standard InChI is InChI=1S/C30H32N2O5/c1-20-10-15-25(36-4)24(18-20)28(33)26-27(32(17-16-31(2)3)30(35)29(26)34)22-11-13-23(14-12-22)37-19-21-8-6-5-7-9-21/h5-15,18,27,33H,16-17,19H2,1-4H3/b28-26+. The Morgan fingerprint density at radius 3 is 2.35 bits per heavy atom. The van der Waals surface area contributed by atoms with Crippen molar-refractivity contribution in [1.82, 2.24) is 9.80 Å². The van der Waals surface area contributed by atoms with Crippen molar-refractivity contribution in [1.29, 1.82) is 0 Å². The van der Waals surface area contributed by atoms with E-state index in [1.165, 1.54) is 12.0 Å². The first-order chi connectivity index (χ1) is 17.8. The third kappa shape index (κ3) is 5.67. The number of nitrogens with zero attached hydrogens (tertiary/aromatic N) is 2. The number of ether oxygens (including phenoxy) is 2. The molecule has 0 aromatic heterocycles. The first-order valence-electron chi connectivity index (χ1n) is 12.1. The number of methoxy groups -OCH3 is 1. The van der Waals surface area contributed by atoms with Crippen LogP contribution in [-0.2, 0) is 16.2 Å². The van der Waals surface area contributed by atoms with Crippen LogP contribution in [0.1, 0.15) is 28.3 Å². The lowest BCUT2D eigenvalue weighted by Crippen LogP contribution is -2.35. The highest BCUT2D eigenvalue weighted by atomic mass is 16.5. The first kappa shape index (κ1) is 26.0. The Morgan fingerprint density at radius 1 is 1.00 bits per heavy atom. The molecular formula is C30H32N2O5. The number of Topliss-reactive ketones (excluding diaryl/α,β-unsaturated/α-hetero) is 1. The molecule has 7 heteroatoms. The van der Waals surface area contributed by atoms with Crippen LogP contribution in [0.2, 0.25) is 0 Å². The van der Waals surface area contributed by atoms with E-state index in [-0.39, 0.29) is 11.3 Å². The third-order valence-corrected chi connectivity index (χ3v) is 6.38. The highest BCUT2D eigenvalue weighted by Crippen LogP contribution is 2.41. The molecule has 3 aromatic carbocycles. The predicted octanol–water partition coefficient (Wildman–Crippen LogP) is 4.57. The van der Waals surface area contributed by atoms with E-state index in [9.17, 15) is 14.7 Å².